The van der Waals surface area contributed by atoms with E-state index in [0.29, 0.717) is 12.1 Å². The lowest BCUT2D eigenvalue weighted by Crippen LogP contribution is -2.37. The van der Waals surface area contributed by atoms with Crippen molar-refractivity contribution in [1.29, 1.82) is 0 Å². The molecule has 0 spiro atoms. The Bertz CT molecular complexity index is 932. The lowest BCUT2D eigenvalue weighted by Gasteiger charge is -2.26. The van der Waals surface area contributed by atoms with Crippen molar-refractivity contribution in [2.24, 2.45) is 5.41 Å². The van der Waals surface area contributed by atoms with E-state index < -0.39 is 11.4 Å². The van der Waals surface area contributed by atoms with Gasteiger partial charge in [-0.25, -0.2) is 9.78 Å². The monoisotopic (exact) mass is 397 g/mol. The van der Waals surface area contributed by atoms with Gasteiger partial charge >= 0.3 is 5.97 Å². The Balaban J connectivity index is 2.31. The van der Waals surface area contributed by atoms with Gasteiger partial charge < -0.3 is 15.3 Å². The molecule has 0 radical (unpaired) electrons. The van der Waals surface area contributed by atoms with Crippen LogP contribution in [0.3, 0.4) is 0 Å². The van der Waals surface area contributed by atoms with Crippen LogP contribution in [0.1, 0.15) is 54.0 Å². The van der Waals surface area contributed by atoms with Crippen molar-refractivity contribution in [2.75, 3.05) is 23.3 Å². The molecule has 2 rings (SSSR count). The molecule has 0 atom stereocenters. The summed E-state index contributed by atoms with van der Waals surface area (Å²) in [4.78, 5) is 42.5. The van der Waals surface area contributed by atoms with E-state index in [-0.39, 0.29) is 35.3 Å². The Morgan fingerprint density at radius 1 is 1.17 bits per heavy atom. The van der Waals surface area contributed by atoms with E-state index in [1.165, 1.54) is 12.3 Å². The molecule has 2 aromatic rings. The fraction of sp³-hybridized carbons (Fsp3) is 0.364. The molecule has 2 N–H and O–H groups in total. The van der Waals surface area contributed by atoms with Gasteiger partial charge in [0, 0.05) is 17.5 Å². The number of ketones is 1. The van der Waals surface area contributed by atoms with Crippen molar-refractivity contribution < 1.29 is 19.5 Å². The zero-order valence-corrected chi connectivity index (χ0v) is 17.4. The van der Waals surface area contributed by atoms with Crippen LogP contribution in [0.25, 0.3) is 0 Å². The topological polar surface area (TPSA) is 99.6 Å². The second-order valence-electron chi connectivity index (χ2n) is 7.91. The maximum atomic E-state index is 12.4. The fourth-order valence-electron chi connectivity index (χ4n) is 2.67. The van der Waals surface area contributed by atoms with E-state index in [1.54, 1.807) is 23.1 Å². The maximum Gasteiger partial charge on any atom is 0.339 e. The van der Waals surface area contributed by atoms with E-state index in [2.05, 4.69) is 10.3 Å². The summed E-state index contributed by atoms with van der Waals surface area (Å²) in [7, 11) is 0. The van der Waals surface area contributed by atoms with Gasteiger partial charge in [0.25, 0.3) is 5.91 Å². The maximum absolute atomic E-state index is 12.4. The van der Waals surface area contributed by atoms with Gasteiger partial charge in [0.1, 0.15) is 11.4 Å². The van der Waals surface area contributed by atoms with E-state index in [4.69, 9.17) is 0 Å². The van der Waals surface area contributed by atoms with Crippen LogP contribution in [0.4, 0.5) is 11.5 Å². The molecule has 0 saturated carbocycles. The van der Waals surface area contributed by atoms with Crippen molar-refractivity contribution in [1.82, 2.24) is 4.98 Å². The second-order valence-corrected chi connectivity index (χ2v) is 7.91. The van der Waals surface area contributed by atoms with Crippen LogP contribution in [0, 0.1) is 12.3 Å². The molecule has 0 bridgehead atoms. The Labute approximate surface area is 170 Å². The van der Waals surface area contributed by atoms with Crippen LogP contribution < -0.4 is 10.2 Å². The zero-order valence-electron chi connectivity index (χ0n) is 17.4. The quantitative estimate of drug-likeness (QED) is 0.737. The molecular formula is C22H27N3O4. The summed E-state index contributed by atoms with van der Waals surface area (Å²) in [6, 6.07) is 8.45. The molecule has 29 heavy (non-hydrogen) atoms. The Morgan fingerprint density at radius 3 is 2.41 bits per heavy atom. The predicted molar refractivity (Wildman–Crippen MR) is 113 cm³/mol. The minimum absolute atomic E-state index is 0.0192. The minimum atomic E-state index is -1.18. The zero-order chi connectivity index (χ0) is 21.8. The average molecular weight is 397 g/mol. The molecule has 0 aliphatic carbocycles. The number of likely N-dealkylation sites (N-methyl/N-ethyl adjacent to an activating group) is 1. The normalized spacial score (nSPS) is 11.1. The summed E-state index contributed by atoms with van der Waals surface area (Å²) in [5, 5.41) is 12.3. The van der Waals surface area contributed by atoms with Crippen molar-refractivity contribution in [2.45, 2.75) is 34.6 Å². The third kappa shape index (κ3) is 5.63. The molecule has 7 heteroatoms. The minimum Gasteiger partial charge on any atom is -0.478 e. The number of carbonyl (C=O) groups excluding carboxylic acids is 2. The van der Waals surface area contributed by atoms with Gasteiger partial charge in [-0.3, -0.25) is 9.59 Å². The molecule has 0 saturated heterocycles. The summed E-state index contributed by atoms with van der Waals surface area (Å²) in [5.74, 6) is -1.35. The van der Waals surface area contributed by atoms with Crippen LogP contribution in [-0.2, 0) is 4.79 Å². The van der Waals surface area contributed by atoms with Gasteiger partial charge in [0.05, 0.1) is 18.4 Å². The van der Waals surface area contributed by atoms with Gasteiger partial charge in [0.15, 0.2) is 5.78 Å². The van der Waals surface area contributed by atoms with Crippen LogP contribution in [-0.4, -0.2) is 40.8 Å². The van der Waals surface area contributed by atoms with Crippen LogP contribution in [0.2, 0.25) is 0 Å². The molecule has 1 heterocycles. The number of hydrogen-bond acceptors (Lipinski definition) is 5. The largest absolute Gasteiger partial charge is 0.478 e. The second kappa shape index (κ2) is 8.86. The summed E-state index contributed by atoms with van der Waals surface area (Å²) in [6.45, 7) is 9.65. The first-order chi connectivity index (χ1) is 13.5. The first kappa shape index (κ1) is 22.1. The molecule has 154 valence electrons. The number of pyridine rings is 1. The van der Waals surface area contributed by atoms with Crippen molar-refractivity contribution >= 4 is 29.2 Å². The number of carboxylic acid groups (broad SMARTS) is 1. The molecule has 0 aliphatic rings. The van der Waals surface area contributed by atoms with E-state index in [9.17, 15) is 19.5 Å². The van der Waals surface area contributed by atoms with Crippen LogP contribution in [0.15, 0.2) is 36.5 Å². The number of nitrogens with zero attached hydrogens (tertiary/aromatic N) is 2. The average Bonchev–Trinajstić information content (AvgIpc) is 2.65. The number of nitrogens with one attached hydrogen (secondary N) is 1. The van der Waals surface area contributed by atoms with Gasteiger partial charge in [-0.05, 0) is 32.0 Å². The lowest BCUT2D eigenvalue weighted by atomic mass is 9.90. The first-order valence-electron chi connectivity index (χ1n) is 9.42. The van der Waals surface area contributed by atoms with Gasteiger partial charge in [-0.15, -0.1) is 0 Å². The number of hydrogen-bond donors (Lipinski definition) is 2. The Hall–Kier alpha value is -3.22. The first-order valence-corrected chi connectivity index (χ1v) is 9.42. The number of aryl methyl sites for hydroxylation is 1. The number of benzene rings is 1. The molecular weight excluding hydrogens is 370 g/mol. The molecule has 1 aromatic heterocycles. The third-order valence-corrected chi connectivity index (χ3v) is 4.49. The highest BCUT2D eigenvalue weighted by atomic mass is 16.4. The highest BCUT2D eigenvalue weighted by Gasteiger charge is 2.26. The molecule has 0 unspecified atom stereocenters. The number of carbonyl (C=O) groups is 3. The summed E-state index contributed by atoms with van der Waals surface area (Å²) < 4.78 is 0. The number of aromatic carboxylic acids is 1. The van der Waals surface area contributed by atoms with E-state index >= 15 is 0 Å². The van der Waals surface area contributed by atoms with Crippen LogP contribution in [0.5, 0.6) is 0 Å². The SMILES string of the molecule is CCN(CC(=O)C(C)(C)C)c1ncc(NC(=O)c2cccc(C)c2)cc1C(=O)O. The summed E-state index contributed by atoms with van der Waals surface area (Å²) in [6.07, 6.45) is 1.40. The van der Waals surface area contributed by atoms with Gasteiger partial charge in [0.2, 0.25) is 0 Å². The number of anilines is 2. The van der Waals surface area contributed by atoms with Crippen molar-refractivity contribution in [3.8, 4) is 0 Å². The molecule has 0 fully saturated rings. The van der Waals surface area contributed by atoms with E-state index in [1.807, 2.05) is 40.7 Å². The summed E-state index contributed by atoms with van der Waals surface area (Å²) >= 11 is 0. The number of carboxylic acids is 1. The standard InChI is InChI=1S/C22H27N3O4/c1-6-25(13-18(26)22(3,4)5)19-17(21(28)29)11-16(12-23-19)24-20(27)15-9-7-8-14(2)10-15/h7-12H,6,13H2,1-5H3,(H,24,27)(H,28,29). The molecule has 1 aromatic carbocycles. The summed E-state index contributed by atoms with van der Waals surface area (Å²) in [5.41, 5.74) is 1.07. The van der Waals surface area contributed by atoms with E-state index in [0.717, 1.165) is 5.56 Å². The Morgan fingerprint density at radius 2 is 1.86 bits per heavy atom. The van der Waals surface area contributed by atoms with Crippen molar-refractivity contribution in [3.05, 3.63) is 53.2 Å². The van der Waals surface area contributed by atoms with Crippen LogP contribution >= 0.6 is 0 Å². The molecule has 0 aliphatic heterocycles. The smallest absolute Gasteiger partial charge is 0.339 e. The Kier molecular flexibility index (Phi) is 6.74. The highest BCUT2D eigenvalue weighted by Crippen LogP contribution is 2.24. The van der Waals surface area contributed by atoms with Gasteiger partial charge in [-0.1, -0.05) is 38.5 Å². The van der Waals surface area contributed by atoms with Gasteiger partial charge in [-0.2, -0.15) is 0 Å². The molecule has 1 amide bonds. The number of amides is 1. The highest BCUT2D eigenvalue weighted by molar-refractivity contribution is 6.05. The number of Topliss-reactive ketones (excluding diaryl/α,β-unsaturated/α-hetero) is 1. The third-order valence-electron chi connectivity index (χ3n) is 4.49. The van der Waals surface area contributed by atoms with Crippen molar-refractivity contribution in [3.63, 3.8) is 0 Å². The predicted octanol–water partition coefficient (Wildman–Crippen LogP) is 3.78. The number of aromatic nitrogens is 1. The lowest BCUT2D eigenvalue weighted by molar-refractivity contribution is -0.124. The number of rotatable bonds is 7. The fourth-order valence-corrected chi connectivity index (χ4v) is 2.67. The molecule has 7 nitrogen and oxygen atoms in total.